The van der Waals surface area contributed by atoms with Crippen molar-refractivity contribution in [2.75, 3.05) is 26.2 Å². The van der Waals surface area contributed by atoms with E-state index < -0.39 is 0 Å². The molecule has 0 radical (unpaired) electrons. The molecule has 0 N–H and O–H groups in total. The van der Waals surface area contributed by atoms with Crippen molar-refractivity contribution < 1.29 is 0 Å². The second kappa shape index (κ2) is 12.5. The van der Waals surface area contributed by atoms with Crippen molar-refractivity contribution in [1.29, 1.82) is 0 Å². The lowest BCUT2D eigenvalue weighted by Gasteiger charge is -2.18. The molecule has 0 fully saturated rings. The summed E-state index contributed by atoms with van der Waals surface area (Å²) in [4.78, 5) is 19.8. The van der Waals surface area contributed by atoms with Crippen LogP contribution in [-0.2, 0) is 13.1 Å². The summed E-state index contributed by atoms with van der Waals surface area (Å²) in [5.41, 5.74) is 7.89. The summed E-state index contributed by atoms with van der Waals surface area (Å²) in [6.45, 7) is 14.4. The third-order valence-electron chi connectivity index (χ3n) is 6.63. The monoisotopic (exact) mass is 479 g/mol. The van der Waals surface area contributed by atoms with Crippen molar-refractivity contribution >= 4 is 0 Å². The fourth-order valence-electron chi connectivity index (χ4n) is 4.36. The van der Waals surface area contributed by atoms with Crippen molar-refractivity contribution in [2.45, 2.75) is 40.8 Å². The minimum atomic E-state index is 0.834. The van der Waals surface area contributed by atoms with Crippen LogP contribution in [-0.4, -0.2) is 50.9 Å². The van der Waals surface area contributed by atoms with Crippen molar-refractivity contribution in [3.63, 3.8) is 0 Å². The van der Waals surface area contributed by atoms with Gasteiger partial charge in [0.25, 0.3) is 0 Å². The third-order valence-corrected chi connectivity index (χ3v) is 6.63. The molecular formula is C31H37N5. The van der Waals surface area contributed by atoms with Gasteiger partial charge in [0, 0.05) is 13.1 Å². The number of benzene rings is 1. The highest BCUT2D eigenvalue weighted by Gasteiger charge is 2.13. The summed E-state index contributed by atoms with van der Waals surface area (Å²) in [6, 6.07) is 27.2. The SMILES string of the molecule is CCN(CC)Cc1cccc(-c2cc(-c3ccccc3)cc(-c3cccc(CN(CC)CC)n3)n2)n1. The summed E-state index contributed by atoms with van der Waals surface area (Å²) in [5.74, 6) is 0. The minimum absolute atomic E-state index is 0.834. The molecule has 0 spiro atoms. The van der Waals surface area contributed by atoms with Crippen molar-refractivity contribution in [2.24, 2.45) is 0 Å². The van der Waals surface area contributed by atoms with Crippen molar-refractivity contribution in [1.82, 2.24) is 24.8 Å². The van der Waals surface area contributed by atoms with Crippen LogP contribution in [0.1, 0.15) is 39.1 Å². The lowest BCUT2D eigenvalue weighted by molar-refractivity contribution is 0.292. The molecule has 0 aliphatic heterocycles. The Bertz CT molecular complexity index is 1170. The maximum Gasteiger partial charge on any atom is 0.0900 e. The Balaban J connectivity index is 1.77. The molecule has 3 aromatic heterocycles. The van der Waals surface area contributed by atoms with Gasteiger partial charge in [0.15, 0.2) is 0 Å². The molecule has 0 amide bonds. The second-order valence-corrected chi connectivity index (χ2v) is 8.94. The van der Waals surface area contributed by atoms with Crippen molar-refractivity contribution in [3.8, 4) is 33.9 Å². The average molecular weight is 480 g/mol. The molecule has 0 saturated carbocycles. The Morgan fingerprint density at radius 1 is 0.472 bits per heavy atom. The fraction of sp³-hybridized carbons (Fsp3) is 0.323. The largest absolute Gasteiger partial charge is 0.298 e. The normalized spacial score (nSPS) is 11.4. The van der Waals surface area contributed by atoms with Crippen LogP contribution in [0.25, 0.3) is 33.9 Å². The Labute approximate surface area is 215 Å². The highest BCUT2D eigenvalue weighted by atomic mass is 15.1. The number of hydrogen-bond donors (Lipinski definition) is 0. The first-order chi connectivity index (χ1) is 17.6. The van der Waals surface area contributed by atoms with Crippen LogP contribution < -0.4 is 0 Å². The van der Waals surface area contributed by atoms with Crippen LogP contribution in [0.15, 0.2) is 78.9 Å². The van der Waals surface area contributed by atoms with E-state index in [-0.39, 0.29) is 0 Å². The summed E-state index contributed by atoms with van der Waals surface area (Å²) in [6.07, 6.45) is 0. The predicted molar refractivity (Wildman–Crippen MR) is 149 cm³/mol. The summed E-state index contributed by atoms with van der Waals surface area (Å²) in [5, 5.41) is 0. The van der Waals surface area contributed by atoms with Crippen molar-refractivity contribution in [3.05, 3.63) is 90.3 Å². The van der Waals surface area contributed by atoms with Crippen LogP contribution in [0.3, 0.4) is 0 Å². The summed E-state index contributed by atoms with van der Waals surface area (Å²) >= 11 is 0. The zero-order valence-electron chi connectivity index (χ0n) is 22.0. The highest BCUT2D eigenvalue weighted by molar-refractivity contribution is 5.74. The average Bonchev–Trinajstić information content (AvgIpc) is 2.95. The molecule has 1 aromatic carbocycles. The van der Waals surface area contributed by atoms with Gasteiger partial charge in [-0.3, -0.25) is 9.80 Å². The number of pyridine rings is 3. The Morgan fingerprint density at radius 2 is 0.944 bits per heavy atom. The molecule has 36 heavy (non-hydrogen) atoms. The molecule has 0 unspecified atom stereocenters. The number of nitrogens with zero attached hydrogens (tertiary/aromatic N) is 5. The Hall–Kier alpha value is -3.41. The lowest BCUT2D eigenvalue weighted by atomic mass is 10.0. The van der Waals surface area contributed by atoms with E-state index in [0.717, 1.165) is 84.6 Å². The van der Waals surface area contributed by atoms with E-state index in [1.165, 1.54) is 0 Å². The van der Waals surface area contributed by atoms with Gasteiger partial charge < -0.3 is 0 Å². The van der Waals surface area contributed by atoms with Gasteiger partial charge in [-0.25, -0.2) is 15.0 Å². The molecule has 186 valence electrons. The first-order valence-corrected chi connectivity index (χ1v) is 13.1. The van der Waals surface area contributed by atoms with E-state index in [1.54, 1.807) is 0 Å². The van der Waals surface area contributed by atoms with Crippen LogP contribution in [0.5, 0.6) is 0 Å². The van der Waals surface area contributed by atoms with Gasteiger partial charge >= 0.3 is 0 Å². The molecular weight excluding hydrogens is 442 g/mol. The molecule has 0 saturated heterocycles. The van der Waals surface area contributed by atoms with Gasteiger partial charge in [0.05, 0.1) is 34.2 Å². The van der Waals surface area contributed by atoms with Gasteiger partial charge in [-0.15, -0.1) is 0 Å². The highest BCUT2D eigenvalue weighted by Crippen LogP contribution is 2.29. The van der Waals surface area contributed by atoms with E-state index in [4.69, 9.17) is 15.0 Å². The second-order valence-electron chi connectivity index (χ2n) is 8.94. The summed E-state index contributed by atoms with van der Waals surface area (Å²) in [7, 11) is 0. The molecule has 5 nitrogen and oxygen atoms in total. The predicted octanol–water partition coefficient (Wildman–Crippen LogP) is 6.56. The number of aromatic nitrogens is 3. The van der Waals surface area contributed by atoms with Gasteiger partial charge in [0.2, 0.25) is 0 Å². The van der Waals surface area contributed by atoms with E-state index in [9.17, 15) is 0 Å². The quantitative estimate of drug-likeness (QED) is 0.244. The van der Waals surface area contributed by atoms with E-state index in [0.29, 0.717) is 0 Å². The van der Waals surface area contributed by atoms with Crippen LogP contribution in [0, 0.1) is 0 Å². The zero-order chi connectivity index (χ0) is 25.3. The molecule has 5 heteroatoms. The van der Waals surface area contributed by atoms with E-state index in [2.05, 4.69) is 110 Å². The molecule has 0 aliphatic carbocycles. The molecule has 4 rings (SSSR count). The minimum Gasteiger partial charge on any atom is -0.298 e. The number of hydrogen-bond acceptors (Lipinski definition) is 5. The van der Waals surface area contributed by atoms with Gasteiger partial charge in [-0.1, -0.05) is 70.2 Å². The number of rotatable bonds is 11. The smallest absolute Gasteiger partial charge is 0.0900 e. The maximum atomic E-state index is 5.07. The van der Waals surface area contributed by atoms with Gasteiger partial charge in [0.1, 0.15) is 0 Å². The summed E-state index contributed by atoms with van der Waals surface area (Å²) < 4.78 is 0. The molecule has 0 bridgehead atoms. The first-order valence-electron chi connectivity index (χ1n) is 13.1. The maximum absolute atomic E-state index is 5.07. The standard InChI is InChI=1S/C31H37N5/c1-5-35(6-2)22-26-16-12-18-28(32-26)30-20-25(24-14-10-9-11-15-24)21-31(34-30)29-19-13-17-27(33-29)23-36(7-3)8-4/h9-21H,5-8,22-23H2,1-4H3. The third kappa shape index (κ3) is 6.42. The van der Waals surface area contributed by atoms with Crippen LogP contribution in [0.4, 0.5) is 0 Å². The van der Waals surface area contributed by atoms with Crippen LogP contribution >= 0.6 is 0 Å². The molecule has 3 heterocycles. The van der Waals surface area contributed by atoms with Crippen LogP contribution in [0.2, 0.25) is 0 Å². The fourth-order valence-corrected chi connectivity index (χ4v) is 4.36. The van der Waals surface area contributed by atoms with Gasteiger partial charge in [-0.2, -0.15) is 0 Å². The van der Waals surface area contributed by atoms with Gasteiger partial charge in [-0.05, 0) is 73.7 Å². The Morgan fingerprint density at radius 3 is 1.39 bits per heavy atom. The lowest BCUT2D eigenvalue weighted by Crippen LogP contribution is -2.22. The first kappa shape index (κ1) is 25.7. The molecule has 0 aliphatic rings. The van der Waals surface area contributed by atoms with E-state index in [1.807, 2.05) is 6.07 Å². The van der Waals surface area contributed by atoms with E-state index >= 15 is 0 Å². The zero-order valence-corrected chi connectivity index (χ0v) is 22.0. The topological polar surface area (TPSA) is 45.2 Å². The molecule has 0 atom stereocenters. The molecule has 4 aromatic rings. The Kier molecular flexibility index (Phi) is 8.93.